The molecule has 0 radical (unpaired) electrons. The molecular formula is C12H11F3N4O3. The van der Waals surface area contributed by atoms with Crippen molar-refractivity contribution in [1.29, 1.82) is 0 Å². The number of rotatable bonds is 6. The second-order valence-electron chi connectivity index (χ2n) is 4.14. The maximum Gasteiger partial charge on any atom is 0.433 e. The van der Waals surface area contributed by atoms with Gasteiger partial charge in [-0.3, -0.25) is 4.79 Å². The van der Waals surface area contributed by atoms with Crippen molar-refractivity contribution in [3.05, 3.63) is 35.9 Å². The molecule has 0 unspecified atom stereocenters. The molecule has 0 saturated heterocycles. The third-order valence-electron chi connectivity index (χ3n) is 2.44. The first-order valence-corrected chi connectivity index (χ1v) is 6.03. The molecule has 0 saturated carbocycles. The number of aromatic nitrogens is 2. The van der Waals surface area contributed by atoms with Gasteiger partial charge in [0.25, 0.3) is 0 Å². The van der Waals surface area contributed by atoms with Crippen LogP contribution in [0.25, 0.3) is 0 Å². The number of halogens is 3. The van der Waals surface area contributed by atoms with Gasteiger partial charge in [-0.15, -0.1) is 0 Å². The van der Waals surface area contributed by atoms with E-state index in [0.29, 0.717) is 5.76 Å². The minimum absolute atomic E-state index is 0.105. The molecule has 22 heavy (non-hydrogen) atoms. The molecule has 0 bridgehead atoms. The molecule has 0 aliphatic carbocycles. The molecule has 0 atom stereocenters. The fraction of sp³-hybridized carbons (Fsp3) is 0.250. The summed E-state index contributed by atoms with van der Waals surface area (Å²) < 4.78 is 43.4. The van der Waals surface area contributed by atoms with E-state index in [-0.39, 0.29) is 12.4 Å². The predicted molar refractivity (Wildman–Crippen MR) is 69.2 cm³/mol. The highest BCUT2D eigenvalue weighted by molar-refractivity contribution is 5.71. The topological polar surface area (TPSA) is 100 Å². The van der Waals surface area contributed by atoms with Crippen molar-refractivity contribution in [1.82, 2.24) is 9.97 Å². The molecule has 2 rings (SSSR count). The molecule has 118 valence electrons. The third kappa shape index (κ3) is 4.36. The lowest BCUT2D eigenvalue weighted by Gasteiger charge is -2.11. The van der Waals surface area contributed by atoms with E-state index in [2.05, 4.69) is 20.6 Å². The zero-order chi connectivity index (χ0) is 16.2. The second-order valence-corrected chi connectivity index (χ2v) is 4.14. The van der Waals surface area contributed by atoms with E-state index in [9.17, 15) is 18.0 Å². The van der Waals surface area contributed by atoms with Gasteiger partial charge in [0.1, 0.15) is 18.1 Å². The van der Waals surface area contributed by atoms with Crippen LogP contribution < -0.4 is 10.6 Å². The first-order valence-electron chi connectivity index (χ1n) is 6.03. The number of furan rings is 1. The standard InChI is InChI=1S/C12H11F3N4O3/c13-12(14,15)8-4-9(16-5-7-2-1-3-22-7)19-11(18-8)17-6-10(20)21/h1-4H,5-6H2,(H,20,21)(H2,16,17,18,19). The lowest BCUT2D eigenvalue weighted by atomic mass is 10.3. The number of aliphatic carboxylic acids is 1. The van der Waals surface area contributed by atoms with Crippen LogP contribution in [0.4, 0.5) is 24.9 Å². The first kappa shape index (κ1) is 15.6. The summed E-state index contributed by atoms with van der Waals surface area (Å²) in [6, 6.07) is 4.01. The number of carboxylic acids is 1. The van der Waals surface area contributed by atoms with Crippen LogP contribution in [0.5, 0.6) is 0 Å². The van der Waals surface area contributed by atoms with Gasteiger partial charge in [-0.25, -0.2) is 4.98 Å². The van der Waals surface area contributed by atoms with Crippen LogP contribution in [0.3, 0.4) is 0 Å². The molecule has 2 heterocycles. The summed E-state index contributed by atoms with van der Waals surface area (Å²) in [7, 11) is 0. The fourth-order valence-electron chi connectivity index (χ4n) is 1.51. The van der Waals surface area contributed by atoms with Gasteiger partial charge in [-0.05, 0) is 12.1 Å². The Balaban J connectivity index is 2.19. The van der Waals surface area contributed by atoms with Crippen molar-refractivity contribution in [2.24, 2.45) is 0 Å². The average molecular weight is 316 g/mol. The molecule has 3 N–H and O–H groups in total. The summed E-state index contributed by atoms with van der Waals surface area (Å²) >= 11 is 0. The number of carbonyl (C=O) groups is 1. The summed E-state index contributed by atoms with van der Waals surface area (Å²) in [5.74, 6) is -1.27. The van der Waals surface area contributed by atoms with Gasteiger partial charge >= 0.3 is 12.1 Å². The lowest BCUT2D eigenvalue weighted by Crippen LogP contribution is -2.18. The average Bonchev–Trinajstić information content (AvgIpc) is 2.95. The molecule has 7 nitrogen and oxygen atoms in total. The van der Waals surface area contributed by atoms with E-state index >= 15 is 0 Å². The Kier molecular flexibility index (Phi) is 4.49. The fourth-order valence-corrected chi connectivity index (χ4v) is 1.51. The van der Waals surface area contributed by atoms with Crippen molar-refractivity contribution in [3.63, 3.8) is 0 Å². The Morgan fingerprint density at radius 2 is 2.09 bits per heavy atom. The summed E-state index contributed by atoms with van der Waals surface area (Å²) in [6.07, 6.45) is -3.25. The third-order valence-corrected chi connectivity index (χ3v) is 2.44. The smallest absolute Gasteiger partial charge is 0.433 e. The molecule has 0 aromatic carbocycles. The Morgan fingerprint density at radius 1 is 1.32 bits per heavy atom. The van der Waals surface area contributed by atoms with E-state index in [1.807, 2.05) is 0 Å². The quantitative estimate of drug-likeness (QED) is 0.751. The van der Waals surface area contributed by atoms with Gasteiger partial charge in [0.15, 0.2) is 5.69 Å². The largest absolute Gasteiger partial charge is 0.480 e. The Labute approximate surface area is 122 Å². The van der Waals surface area contributed by atoms with Gasteiger partial charge in [-0.2, -0.15) is 18.2 Å². The predicted octanol–water partition coefficient (Wildman–Crippen LogP) is 2.20. The normalized spacial score (nSPS) is 11.2. The first-order chi connectivity index (χ1) is 10.3. The van der Waals surface area contributed by atoms with Gasteiger partial charge < -0.3 is 20.2 Å². The number of hydrogen-bond donors (Lipinski definition) is 3. The lowest BCUT2D eigenvalue weighted by molar-refractivity contribution is -0.141. The van der Waals surface area contributed by atoms with Crippen LogP contribution in [0.2, 0.25) is 0 Å². The molecule has 0 fully saturated rings. The highest BCUT2D eigenvalue weighted by Crippen LogP contribution is 2.29. The van der Waals surface area contributed by atoms with Gasteiger partial charge in [0.2, 0.25) is 5.95 Å². The monoisotopic (exact) mass is 316 g/mol. The highest BCUT2D eigenvalue weighted by Gasteiger charge is 2.33. The summed E-state index contributed by atoms with van der Waals surface area (Å²) in [4.78, 5) is 17.5. The van der Waals surface area contributed by atoms with Crippen molar-refractivity contribution >= 4 is 17.7 Å². The maximum absolute atomic E-state index is 12.8. The molecular weight excluding hydrogens is 305 g/mol. The Bertz CT molecular complexity index is 644. The van der Waals surface area contributed by atoms with Gasteiger partial charge in [-0.1, -0.05) is 0 Å². The SMILES string of the molecule is O=C(O)CNc1nc(NCc2ccco2)cc(C(F)(F)F)n1. The minimum atomic E-state index is -4.68. The van der Waals surface area contributed by atoms with E-state index < -0.39 is 30.3 Å². The summed E-state index contributed by atoms with van der Waals surface area (Å²) in [5.41, 5.74) is -1.18. The van der Waals surface area contributed by atoms with Gasteiger partial charge in [0.05, 0.1) is 12.8 Å². The van der Waals surface area contributed by atoms with Crippen molar-refractivity contribution < 1.29 is 27.5 Å². The highest BCUT2D eigenvalue weighted by atomic mass is 19.4. The second kappa shape index (κ2) is 6.33. The Hall–Kier alpha value is -2.78. The summed E-state index contributed by atoms with van der Waals surface area (Å²) in [5, 5.41) is 13.4. The van der Waals surface area contributed by atoms with Crippen molar-refractivity contribution in [3.8, 4) is 0 Å². The van der Waals surface area contributed by atoms with Crippen molar-refractivity contribution in [2.75, 3.05) is 17.2 Å². The number of nitrogens with zero attached hydrogens (tertiary/aromatic N) is 2. The van der Waals surface area contributed by atoms with Crippen LogP contribution in [-0.2, 0) is 17.5 Å². The zero-order valence-electron chi connectivity index (χ0n) is 11.0. The molecule has 2 aromatic heterocycles. The Morgan fingerprint density at radius 3 is 2.68 bits per heavy atom. The van der Waals surface area contributed by atoms with Crippen LogP contribution in [-0.4, -0.2) is 27.6 Å². The van der Waals surface area contributed by atoms with E-state index in [1.54, 1.807) is 12.1 Å². The van der Waals surface area contributed by atoms with E-state index in [0.717, 1.165) is 6.07 Å². The number of anilines is 2. The number of carboxylic acid groups (broad SMARTS) is 1. The molecule has 0 spiro atoms. The molecule has 0 aliphatic rings. The van der Waals surface area contributed by atoms with Crippen LogP contribution >= 0.6 is 0 Å². The molecule has 0 aliphatic heterocycles. The molecule has 2 aromatic rings. The molecule has 0 amide bonds. The minimum Gasteiger partial charge on any atom is -0.480 e. The summed E-state index contributed by atoms with van der Waals surface area (Å²) in [6.45, 7) is -0.474. The van der Waals surface area contributed by atoms with Gasteiger partial charge in [0, 0.05) is 6.07 Å². The van der Waals surface area contributed by atoms with E-state index in [4.69, 9.17) is 9.52 Å². The van der Waals surface area contributed by atoms with Crippen molar-refractivity contribution in [2.45, 2.75) is 12.7 Å². The molecule has 10 heteroatoms. The number of nitrogens with one attached hydrogen (secondary N) is 2. The van der Waals surface area contributed by atoms with Crippen LogP contribution in [0, 0.1) is 0 Å². The maximum atomic E-state index is 12.8. The van der Waals surface area contributed by atoms with E-state index in [1.165, 1.54) is 6.26 Å². The zero-order valence-corrected chi connectivity index (χ0v) is 11.0. The van der Waals surface area contributed by atoms with Crippen LogP contribution in [0.1, 0.15) is 11.5 Å². The number of hydrogen-bond acceptors (Lipinski definition) is 6. The van der Waals surface area contributed by atoms with Crippen LogP contribution in [0.15, 0.2) is 28.9 Å². The number of alkyl halides is 3.